The van der Waals surface area contributed by atoms with E-state index in [1.165, 1.54) is 32.1 Å². The van der Waals surface area contributed by atoms with E-state index in [1.54, 1.807) is 0 Å². The van der Waals surface area contributed by atoms with Gasteiger partial charge in [-0.1, -0.05) is 25.7 Å². The van der Waals surface area contributed by atoms with E-state index in [2.05, 4.69) is 10.1 Å². The Labute approximate surface area is 102 Å². The summed E-state index contributed by atoms with van der Waals surface area (Å²) in [6.45, 7) is 0.0665. The van der Waals surface area contributed by atoms with E-state index in [9.17, 15) is 9.59 Å². The minimum Gasteiger partial charge on any atom is -0.480 e. The van der Waals surface area contributed by atoms with Crippen LogP contribution in [0, 0.1) is 5.92 Å². The highest BCUT2D eigenvalue weighted by Gasteiger charge is 2.14. The van der Waals surface area contributed by atoms with Crippen LogP contribution < -0.4 is 5.32 Å². The Morgan fingerprint density at radius 2 is 1.94 bits per heavy atom. The quantitative estimate of drug-likeness (QED) is 0.627. The molecule has 1 saturated carbocycles. The molecule has 5 heteroatoms. The first-order valence-corrected chi connectivity index (χ1v) is 6.24. The molecule has 1 fully saturated rings. The Bertz CT molecular complexity index is 249. The second kappa shape index (κ2) is 8.06. The largest absolute Gasteiger partial charge is 0.480 e. The molecule has 0 aromatic rings. The predicted octanol–water partition coefficient (Wildman–Crippen LogP) is 1.17. The SMILES string of the molecule is O=C(O)COCC(=O)NCCCC1CCCC1. The minimum atomic E-state index is -1.06. The summed E-state index contributed by atoms with van der Waals surface area (Å²) in [6.07, 6.45) is 7.52. The molecule has 98 valence electrons. The number of amides is 1. The zero-order valence-corrected chi connectivity index (χ0v) is 10.1. The summed E-state index contributed by atoms with van der Waals surface area (Å²) in [5, 5.41) is 11.0. The predicted molar refractivity (Wildman–Crippen MR) is 62.7 cm³/mol. The van der Waals surface area contributed by atoms with E-state index in [-0.39, 0.29) is 12.5 Å². The lowest BCUT2D eigenvalue weighted by Crippen LogP contribution is -2.29. The molecule has 2 N–H and O–H groups in total. The third kappa shape index (κ3) is 6.94. The number of carboxylic acid groups (broad SMARTS) is 1. The third-order valence-corrected chi connectivity index (χ3v) is 3.04. The van der Waals surface area contributed by atoms with E-state index in [0.29, 0.717) is 6.54 Å². The van der Waals surface area contributed by atoms with E-state index >= 15 is 0 Å². The fourth-order valence-electron chi connectivity index (χ4n) is 2.20. The van der Waals surface area contributed by atoms with Gasteiger partial charge in [0.15, 0.2) is 0 Å². The first-order chi connectivity index (χ1) is 8.18. The molecule has 0 heterocycles. The molecule has 0 aromatic carbocycles. The zero-order chi connectivity index (χ0) is 12.5. The number of carbonyl (C=O) groups excluding carboxylic acids is 1. The Morgan fingerprint density at radius 3 is 2.59 bits per heavy atom. The molecule has 0 bridgehead atoms. The smallest absolute Gasteiger partial charge is 0.329 e. The summed E-state index contributed by atoms with van der Waals surface area (Å²) in [5.41, 5.74) is 0. The molecule has 1 rings (SSSR count). The van der Waals surface area contributed by atoms with Gasteiger partial charge in [-0.3, -0.25) is 4.79 Å². The number of rotatable bonds is 8. The molecule has 0 aromatic heterocycles. The van der Waals surface area contributed by atoms with Crippen LogP contribution in [-0.4, -0.2) is 36.7 Å². The number of nitrogens with one attached hydrogen (secondary N) is 1. The second-order valence-corrected chi connectivity index (χ2v) is 4.53. The Morgan fingerprint density at radius 1 is 1.24 bits per heavy atom. The summed E-state index contributed by atoms with van der Waals surface area (Å²) in [4.78, 5) is 21.3. The number of carboxylic acids is 1. The van der Waals surface area contributed by atoms with Crippen LogP contribution in [0.3, 0.4) is 0 Å². The van der Waals surface area contributed by atoms with Crippen LogP contribution in [0.4, 0.5) is 0 Å². The first-order valence-electron chi connectivity index (χ1n) is 6.24. The van der Waals surface area contributed by atoms with Crippen LogP contribution in [0.5, 0.6) is 0 Å². The van der Waals surface area contributed by atoms with Gasteiger partial charge < -0.3 is 15.2 Å². The molecule has 0 atom stereocenters. The molecule has 0 aliphatic heterocycles. The van der Waals surface area contributed by atoms with Crippen LogP contribution in [0.1, 0.15) is 38.5 Å². The van der Waals surface area contributed by atoms with Gasteiger partial charge in [0.25, 0.3) is 0 Å². The van der Waals surface area contributed by atoms with Gasteiger partial charge in [-0.05, 0) is 18.8 Å². The standard InChI is InChI=1S/C12H21NO4/c14-11(8-17-9-12(15)16)13-7-3-6-10-4-1-2-5-10/h10H,1-9H2,(H,13,14)(H,15,16). The molecule has 0 unspecified atom stereocenters. The fourth-order valence-corrected chi connectivity index (χ4v) is 2.20. The topological polar surface area (TPSA) is 75.6 Å². The lowest BCUT2D eigenvalue weighted by atomic mass is 10.0. The third-order valence-electron chi connectivity index (χ3n) is 3.04. The average Bonchev–Trinajstić information content (AvgIpc) is 2.76. The number of carbonyl (C=O) groups is 2. The van der Waals surface area contributed by atoms with Gasteiger partial charge >= 0.3 is 5.97 Å². The van der Waals surface area contributed by atoms with Crippen LogP contribution in [0.2, 0.25) is 0 Å². The molecule has 0 spiro atoms. The number of hydrogen-bond donors (Lipinski definition) is 2. The lowest BCUT2D eigenvalue weighted by Gasteiger charge is -2.09. The summed E-state index contributed by atoms with van der Waals surface area (Å²) in [6, 6.07) is 0. The van der Waals surface area contributed by atoms with Gasteiger partial charge in [-0.2, -0.15) is 0 Å². The number of aliphatic carboxylic acids is 1. The molecular weight excluding hydrogens is 222 g/mol. The summed E-state index contributed by atoms with van der Waals surface area (Å²) >= 11 is 0. The highest BCUT2D eigenvalue weighted by molar-refractivity contribution is 5.77. The highest BCUT2D eigenvalue weighted by Crippen LogP contribution is 2.28. The number of hydrogen-bond acceptors (Lipinski definition) is 3. The van der Waals surface area contributed by atoms with E-state index in [4.69, 9.17) is 5.11 Å². The Hall–Kier alpha value is -1.10. The van der Waals surface area contributed by atoms with Crippen LogP contribution in [-0.2, 0) is 14.3 Å². The Kier molecular flexibility index (Phi) is 6.62. The van der Waals surface area contributed by atoms with Crippen molar-refractivity contribution in [3.8, 4) is 0 Å². The van der Waals surface area contributed by atoms with Crippen molar-refractivity contribution >= 4 is 11.9 Å². The van der Waals surface area contributed by atoms with Crippen molar-refractivity contribution < 1.29 is 19.4 Å². The van der Waals surface area contributed by atoms with Crippen molar-refractivity contribution in [3.05, 3.63) is 0 Å². The summed E-state index contributed by atoms with van der Waals surface area (Å²) in [7, 11) is 0. The summed E-state index contributed by atoms with van der Waals surface area (Å²) in [5.74, 6) is -0.452. The van der Waals surface area contributed by atoms with Crippen molar-refractivity contribution in [2.75, 3.05) is 19.8 Å². The lowest BCUT2D eigenvalue weighted by molar-refractivity contribution is -0.143. The normalized spacial score (nSPS) is 16.0. The minimum absolute atomic E-state index is 0.171. The van der Waals surface area contributed by atoms with Gasteiger partial charge in [-0.25, -0.2) is 4.79 Å². The molecular formula is C12H21NO4. The van der Waals surface area contributed by atoms with Crippen LogP contribution in [0.25, 0.3) is 0 Å². The number of ether oxygens (including phenoxy) is 1. The van der Waals surface area contributed by atoms with E-state index < -0.39 is 12.6 Å². The average molecular weight is 243 g/mol. The summed E-state index contributed by atoms with van der Waals surface area (Å²) < 4.78 is 4.68. The van der Waals surface area contributed by atoms with Crippen molar-refractivity contribution in [1.29, 1.82) is 0 Å². The molecule has 17 heavy (non-hydrogen) atoms. The van der Waals surface area contributed by atoms with Gasteiger partial charge in [0.1, 0.15) is 13.2 Å². The molecule has 0 radical (unpaired) electrons. The van der Waals surface area contributed by atoms with Gasteiger partial charge in [0.2, 0.25) is 5.91 Å². The first kappa shape index (κ1) is 14.0. The van der Waals surface area contributed by atoms with Gasteiger partial charge in [0.05, 0.1) is 0 Å². The molecule has 0 saturated heterocycles. The van der Waals surface area contributed by atoms with Crippen molar-refractivity contribution in [1.82, 2.24) is 5.32 Å². The van der Waals surface area contributed by atoms with Crippen LogP contribution in [0.15, 0.2) is 0 Å². The van der Waals surface area contributed by atoms with E-state index in [1.807, 2.05) is 0 Å². The van der Waals surface area contributed by atoms with Gasteiger partial charge in [-0.15, -0.1) is 0 Å². The maximum Gasteiger partial charge on any atom is 0.329 e. The molecule has 1 aliphatic carbocycles. The molecule has 5 nitrogen and oxygen atoms in total. The molecule has 1 aliphatic rings. The maximum atomic E-state index is 11.2. The zero-order valence-electron chi connectivity index (χ0n) is 10.1. The highest BCUT2D eigenvalue weighted by atomic mass is 16.5. The Balaban J connectivity index is 1.90. The van der Waals surface area contributed by atoms with Gasteiger partial charge in [0, 0.05) is 6.54 Å². The maximum absolute atomic E-state index is 11.2. The van der Waals surface area contributed by atoms with Crippen molar-refractivity contribution in [3.63, 3.8) is 0 Å². The van der Waals surface area contributed by atoms with Crippen molar-refractivity contribution in [2.45, 2.75) is 38.5 Å². The monoisotopic (exact) mass is 243 g/mol. The van der Waals surface area contributed by atoms with Crippen molar-refractivity contribution in [2.24, 2.45) is 5.92 Å². The second-order valence-electron chi connectivity index (χ2n) is 4.53. The fraction of sp³-hybridized carbons (Fsp3) is 0.833. The molecule has 1 amide bonds. The van der Waals surface area contributed by atoms with Crippen LogP contribution >= 0.6 is 0 Å². The van der Waals surface area contributed by atoms with E-state index in [0.717, 1.165) is 12.3 Å².